The minimum Gasteiger partial charge on any atom is -0.497 e. The van der Waals surface area contributed by atoms with Crippen LogP contribution in [0.5, 0.6) is 5.75 Å². The second-order valence-electron chi connectivity index (χ2n) is 10.0. The minimum absolute atomic E-state index is 0.0249. The van der Waals surface area contributed by atoms with Crippen molar-refractivity contribution in [2.75, 3.05) is 84.1 Å². The number of methoxy groups -OCH3 is 1. The van der Waals surface area contributed by atoms with Gasteiger partial charge in [0.1, 0.15) is 18.1 Å². The lowest BCUT2D eigenvalue weighted by molar-refractivity contribution is -0.132. The Morgan fingerprint density at radius 2 is 1.73 bits per heavy atom. The summed E-state index contributed by atoms with van der Waals surface area (Å²) in [5.74, 6) is 0.272. The molecule has 41 heavy (non-hydrogen) atoms. The second kappa shape index (κ2) is 13.5. The molecule has 0 unspecified atom stereocenters. The van der Waals surface area contributed by atoms with E-state index in [1.165, 1.54) is 17.0 Å². The number of carbonyl (C=O) groups is 2. The van der Waals surface area contributed by atoms with E-state index < -0.39 is 11.7 Å². The summed E-state index contributed by atoms with van der Waals surface area (Å²) in [5, 5.41) is 8.81. The molecule has 3 aromatic rings. The zero-order chi connectivity index (χ0) is 28.6. The normalized spacial score (nSPS) is 16.0. The zero-order valence-electron chi connectivity index (χ0n) is 23.2. The third kappa shape index (κ3) is 7.17. The molecule has 3 heterocycles. The number of carbonyl (C=O) groups excluding carboxylic acids is 2. The van der Waals surface area contributed by atoms with Crippen LogP contribution in [-0.4, -0.2) is 116 Å². The summed E-state index contributed by atoms with van der Waals surface area (Å²) in [6.45, 7) is 5.78. The molecule has 1 aromatic heterocycles. The largest absolute Gasteiger partial charge is 0.497 e. The fourth-order valence-corrected chi connectivity index (χ4v) is 5.02. The fourth-order valence-electron chi connectivity index (χ4n) is 5.02. The SMILES string of the molecule is COc1cccc(-c2ccc(N3CCN(C(=O)CN(CCN4CCOCC4)C(=O)c4ccccc4F)CC3)nn2)c1. The van der Waals surface area contributed by atoms with Crippen molar-refractivity contribution in [2.24, 2.45) is 0 Å². The molecule has 2 aromatic carbocycles. The third-order valence-electron chi connectivity index (χ3n) is 7.48. The number of benzene rings is 2. The quantitative estimate of drug-likeness (QED) is 0.393. The number of rotatable bonds is 9. The Morgan fingerprint density at radius 3 is 2.44 bits per heavy atom. The lowest BCUT2D eigenvalue weighted by atomic mass is 10.1. The minimum atomic E-state index is -0.589. The van der Waals surface area contributed by atoms with Crippen molar-refractivity contribution in [1.82, 2.24) is 24.9 Å². The average Bonchev–Trinajstić information content (AvgIpc) is 3.03. The smallest absolute Gasteiger partial charge is 0.257 e. The molecule has 11 heteroatoms. The predicted molar refractivity (Wildman–Crippen MR) is 152 cm³/mol. The number of anilines is 1. The first-order chi connectivity index (χ1) is 20.0. The Hall–Kier alpha value is -4.09. The van der Waals surface area contributed by atoms with Gasteiger partial charge < -0.3 is 24.2 Å². The van der Waals surface area contributed by atoms with Crippen LogP contribution in [0.15, 0.2) is 60.7 Å². The molecular weight excluding hydrogens is 527 g/mol. The van der Waals surface area contributed by atoms with Gasteiger partial charge in [-0.2, -0.15) is 0 Å². The summed E-state index contributed by atoms with van der Waals surface area (Å²) in [4.78, 5) is 34.1. The summed E-state index contributed by atoms with van der Waals surface area (Å²) >= 11 is 0. The molecule has 0 atom stereocenters. The van der Waals surface area contributed by atoms with Gasteiger partial charge in [0.2, 0.25) is 5.91 Å². The second-order valence-corrected chi connectivity index (χ2v) is 10.0. The van der Waals surface area contributed by atoms with Gasteiger partial charge in [0.05, 0.1) is 31.6 Å². The van der Waals surface area contributed by atoms with Crippen LogP contribution in [-0.2, 0) is 9.53 Å². The van der Waals surface area contributed by atoms with Gasteiger partial charge in [0.15, 0.2) is 5.82 Å². The third-order valence-corrected chi connectivity index (χ3v) is 7.48. The molecular formula is C30H35FN6O4. The Labute approximate surface area is 239 Å². The summed E-state index contributed by atoms with van der Waals surface area (Å²) in [7, 11) is 1.63. The van der Waals surface area contributed by atoms with Crippen LogP contribution < -0.4 is 9.64 Å². The van der Waals surface area contributed by atoms with Gasteiger partial charge in [-0.05, 0) is 36.4 Å². The summed E-state index contributed by atoms with van der Waals surface area (Å²) < 4.78 is 25.2. The average molecular weight is 563 g/mol. The van der Waals surface area contributed by atoms with Crippen LogP contribution in [0, 0.1) is 5.82 Å². The lowest BCUT2D eigenvalue weighted by Crippen LogP contribution is -2.53. The summed E-state index contributed by atoms with van der Waals surface area (Å²) in [5.41, 5.74) is 1.64. The molecule has 0 spiro atoms. The van der Waals surface area contributed by atoms with Gasteiger partial charge in [-0.25, -0.2) is 4.39 Å². The highest BCUT2D eigenvalue weighted by atomic mass is 19.1. The first-order valence-electron chi connectivity index (χ1n) is 13.9. The Balaban J connectivity index is 1.19. The van der Waals surface area contributed by atoms with Crippen LogP contribution in [0.4, 0.5) is 10.2 Å². The molecule has 5 rings (SSSR count). The molecule has 0 bridgehead atoms. The maximum absolute atomic E-state index is 14.5. The van der Waals surface area contributed by atoms with E-state index >= 15 is 0 Å². The standard InChI is InChI=1S/C30H35FN6O4/c1-40-24-6-4-5-23(21-24)27-9-10-28(33-32-27)35-13-15-36(16-14-35)29(38)22-37(12-11-34-17-19-41-20-18-34)30(39)25-7-2-3-8-26(25)31/h2-10,21H,11-20,22H2,1H3. The molecule has 2 fully saturated rings. The van der Waals surface area contributed by atoms with E-state index in [4.69, 9.17) is 9.47 Å². The van der Waals surface area contributed by atoms with Crippen LogP contribution >= 0.6 is 0 Å². The van der Waals surface area contributed by atoms with Gasteiger partial charge in [-0.1, -0.05) is 24.3 Å². The Bertz CT molecular complexity index is 1330. The van der Waals surface area contributed by atoms with Crippen molar-refractivity contribution in [3.8, 4) is 17.0 Å². The first kappa shape index (κ1) is 28.4. The van der Waals surface area contributed by atoms with Gasteiger partial charge >= 0.3 is 0 Å². The number of nitrogens with zero attached hydrogens (tertiary/aromatic N) is 6. The maximum atomic E-state index is 14.5. The zero-order valence-corrected chi connectivity index (χ0v) is 23.2. The monoisotopic (exact) mass is 562 g/mol. The van der Waals surface area contributed by atoms with Crippen molar-refractivity contribution in [1.29, 1.82) is 0 Å². The molecule has 2 aliphatic rings. The molecule has 2 amide bonds. The van der Waals surface area contributed by atoms with Crippen molar-refractivity contribution in [3.63, 3.8) is 0 Å². The number of amides is 2. The van der Waals surface area contributed by atoms with Crippen molar-refractivity contribution < 1.29 is 23.5 Å². The van der Waals surface area contributed by atoms with E-state index in [-0.39, 0.29) is 18.0 Å². The highest BCUT2D eigenvalue weighted by molar-refractivity contribution is 5.96. The lowest BCUT2D eigenvalue weighted by Gasteiger charge is -2.36. The van der Waals surface area contributed by atoms with Crippen LogP contribution in [0.25, 0.3) is 11.3 Å². The van der Waals surface area contributed by atoms with Gasteiger partial charge in [0, 0.05) is 57.9 Å². The topological polar surface area (TPSA) is 91.3 Å². The number of hydrogen-bond donors (Lipinski definition) is 0. The van der Waals surface area contributed by atoms with Gasteiger partial charge in [-0.3, -0.25) is 14.5 Å². The van der Waals surface area contributed by atoms with Crippen molar-refractivity contribution >= 4 is 17.6 Å². The summed E-state index contributed by atoms with van der Waals surface area (Å²) in [6, 6.07) is 17.4. The number of hydrogen-bond acceptors (Lipinski definition) is 8. The fraction of sp³-hybridized carbons (Fsp3) is 0.400. The van der Waals surface area contributed by atoms with Crippen LogP contribution in [0.3, 0.4) is 0 Å². The van der Waals surface area contributed by atoms with Crippen LogP contribution in [0.2, 0.25) is 0 Å². The number of aromatic nitrogens is 2. The molecule has 2 saturated heterocycles. The van der Waals surface area contributed by atoms with E-state index in [9.17, 15) is 14.0 Å². The molecule has 216 valence electrons. The van der Waals surface area contributed by atoms with E-state index in [1.807, 2.05) is 36.4 Å². The molecule has 10 nitrogen and oxygen atoms in total. The molecule has 0 N–H and O–H groups in total. The Kier molecular flexibility index (Phi) is 9.37. The number of ether oxygens (including phenoxy) is 2. The highest BCUT2D eigenvalue weighted by Crippen LogP contribution is 2.23. The molecule has 0 saturated carbocycles. The molecule has 2 aliphatic heterocycles. The van der Waals surface area contributed by atoms with Crippen molar-refractivity contribution in [3.05, 3.63) is 72.0 Å². The number of morpholine rings is 1. The van der Waals surface area contributed by atoms with E-state index in [0.29, 0.717) is 52.5 Å². The molecule has 0 aliphatic carbocycles. The summed E-state index contributed by atoms with van der Waals surface area (Å²) in [6.07, 6.45) is 0. The predicted octanol–water partition coefficient (Wildman–Crippen LogP) is 2.41. The van der Waals surface area contributed by atoms with E-state index in [1.54, 1.807) is 24.1 Å². The van der Waals surface area contributed by atoms with Gasteiger partial charge in [0.25, 0.3) is 5.91 Å². The van der Waals surface area contributed by atoms with E-state index in [2.05, 4.69) is 20.0 Å². The molecule has 0 radical (unpaired) electrons. The van der Waals surface area contributed by atoms with Crippen molar-refractivity contribution in [2.45, 2.75) is 0 Å². The first-order valence-corrected chi connectivity index (χ1v) is 13.9. The maximum Gasteiger partial charge on any atom is 0.257 e. The van der Waals surface area contributed by atoms with Crippen LogP contribution in [0.1, 0.15) is 10.4 Å². The van der Waals surface area contributed by atoms with E-state index in [0.717, 1.165) is 35.9 Å². The Morgan fingerprint density at radius 1 is 0.951 bits per heavy atom. The number of piperazine rings is 1. The highest BCUT2D eigenvalue weighted by Gasteiger charge is 2.27. The van der Waals surface area contributed by atoms with Gasteiger partial charge in [-0.15, -0.1) is 10.2 Å². The number of halogens is 1.